The topological polar surface area (TPSA) is 44.3 Å². The first-order valence-corrected chi connectivity index (χ1v) is 13.1. The SMILES string of the molecule is CC1=C[C@]2(CCc3cc(N4CCN(C)CC4)nc(/C=C/c4ccccc4)n3)[I-]C2N1. The van der Waals surface area contributed by atoms with Crippen LogP contribution in [-0.4, -0.2) is 55.6 Å². The number of aryl methyl sites for hydroxylation is 1. The second-order valence-electron chi connectivity index (χ2n) is 8.48. The third-order valence-corrected chi connectivity index (χ3v) is 10.1. The molecule has 0 amide bonds. The molecule has 5 nitrogen and oxygen atoms in total. The van der Waals surface area contributed by atoms with E-state index in [9.17, 15) is 0 Å². The Kier molecular flexibility index (Phi) is 5.54. The number of benzene rings is 1. The summed E-state index contributed by atoms with van der Waals surface area (Å²) in [5, 5.41) is 3.64. The van der Waals surface area contributed by atoms with Crippen LogP contribution in [0.25, 0.3) is 12.2 Å². The van der Waals surface area contributed by atoms with Crippen molar-refractivity contribution in [2.75, 3.05) is 38.1 Å². The van der Waals surface area contributed by atoms with Crippen LogP contribution < -0.4 is 31.4 Å². The van der Waals surface area contributed by atoms with Gasteiger partial charge in [0.1, 0.15) is 0 Å². The molecule has 2 atom stereocenters. The first kappa shape index (κ1) is 20.0. The van der Waals surface area contributed by atoms with Crippen LogP contribution in [0.15, 0.2) is 48.2 Å². The van der Waals surface area contributed by atoms with Crippen molar-refractivity contribution < 1.29 is 21.2 Å². The van der Waals surface area contributed by atoms with Crippen molar-refractivity contribution in [2.45, 2.75) is 27.2 Å². The molecule has 3 aliphatic rings. The van der Waals surface area contributed by atoms with Crippen molar-refractivity contribution >= 4 is 18.0 Å². The van der Waals surface area contributed by atoms with Gasteiger partial charge in [-0.2, -0.15) is 0 Å². The van der Waals surface area contributed by atoms with Gasteiger partial charge < -0.3 is 0 Å². The number of hydrogen-bond donors (Lipinski definition) is 1. The molecule has 30 heavy (non-hydrogen) atoms. The number of nitrogens with zero attached hydrogens (tertiary/aromatic N) is 4. The van der Waals surface area contributed by atoms with Gasteiger partial charge in [0.25, 0.3) is 0 Å². The molecule has 4 heterocycles. The fourth-order valence-electron chi connectivity index (χ4n) is 4.24. The van der Waals surface area contributed by atoms with Gasteiger partial charge >= 0.3 is 190 Å². The number of nitrogens with one attached hydrogen (secondary N) is 1. The number of likely N-dealkylation sites (N-methyl/N-ethyl adjacent to an activating group) is 1. The van der Waals surface area contributed by atoms with Crippen LogP contribution >= 0.6 is 0 Å². The minimum absolute atomic E-state index is 0.253. The molecule has 0 radical (unpaired) electrons. The summed E-state index contributed by atoms with van der Waals surface area (Å²) in [6, 6.07) is 12.6. The maximum absolute atomic E-state index is 4.92. The average molecular weight is 514 g/mol. The zero-order chi connectivity index (χ0) is 20.6. The fraction of sp³-hybridized carbons (Fsp3) is 0.417. The standard InChI is InChI=1S/C24H29IN5/c1-18-17-24(23(25-24)26-18)11-10-20-16-22(30-14-12-29(2)13-15-30)28-21(27-20)9-8-19-6-4-3-5-7-19/h3-9,16-17,23,26H,10-15H2,1-2H3/q-1/b9-8+/t23?,24-/m0/s1. The van der Waals surface area contributed by atoms with E-state index in [0.29, 0.717) is 3.42 Å². The number of allylic oxidation sites excluding steroid dienone is 1. The third-order valence-electron chi connectivity index (χ3n) is 6.09. The first-order valence-electron chi connectivity index (χ1n) is 10.7. The molecule has 0 saturated carbocycles. The van der Waals surface area contributed by atoms with Crippen LogP contribution in [0.1, 0.15) is 30.4 Å². The van der Waals surface area contributed by atoms with E-state index in [1.54, 1.807) is 0 Å². The molecule has 1 aromatic carbocycles. The Morgan fingerprint density at radius 2 is 1.93 bits per heavy atom. The molecule has 5 rings (SSSR count). The van der Waals surface area contributed by atoms with Crippen LogP contribution in [-0.2, 0) is 6.42 Å². The second kappa shape index (κ2) is 8.30. The Hall–Kier alpha value is -1.93. The summed E-state index contributed by atoms with van der Waals surface area (Å²) in [4.78, 5) is 14.6. The van der Waals surface area contributed by atoms with Crippen LogP contribution in [0.3, 0.4) is 0 Å². The van der Waals surface area contributed by atoms with E-state index in [4.69, 9.17) is 9.97 Å². The third kappa shape index (κ3) is 4.39. The average Bonchev–Trinajstić information content (AvgIpc) is 3.32. The van der Waals surface area contributed by atoms with E-state index in [-0.39, 0.29) is 21.2 Å². The zero-order valence-electron chi connectivity index (χ0n) is 17.7. The first-order chi connectivity index (χ1) is 14.6. The monoisotopic (exact) mass is 514 g/mol. The van der Waals surface area contributed by atoms with Crippen molar-refractivity contribution in [3.05, 3.63) is 65.3 Å². The molecule has 1 unspecified atom stereocenters. The number of rotatable bonds is 6. The van der Waals surface area contributed by atoms with Crippen LogP contribution in [0.2, 0.25) is 0 Å². The van der Waals surface area contributed by atoms with Gasteiger partial charge in [0.05, 0.1) is 0 Å². The normalized spacial score (nSPS) is 26.1. The fourth-order valence-corrected chi connectivity index (χ4v) is 7.74. The van der Waals surface area contributed by atoms with Crippen molar-refractivity contribution in [3.8, 4) is 0 Å². The minimum atomic E-state index is 0.253. The van der Waals surface area contributed by atoms with Gasteiger partial charge in [-0.05, 0) is 0 Å². The molecule has 0 aliphatic carbocycles. The van der Waals surface area contributed by atoms with Gasteiger partial charge in [-0.1, -0.05) is 0 Å². The molecule has 0 spiro atoms. The predicted molar refractivity (Wildman–Crippen MR) is 119 cm³/mol. The molecule has 6 heteroatoms. The summed E-state index contributed by atoms with van der Waals surface area (Å²) in [6.07, 6.45) is 8.89. The van der Waals surface area contributed by atoms with Crippen LogP contribution in [0.5, 0.6) is 0 Å². The number of anilines is 1. The molecule has 158 valence electrons. The molecule has 0 bridgehead atoms. The van der Waals surface area contributed by atoms with Gasteiger partial charge in [0.2, 0.25) is 0 Å². The predicted octanol–water partition coefficient (Wildman–Crippen LogP) is 0.00590. The molecule has 3 aliphatic heterocycles. The number of fused-ring (bicyclic) bond motifs is 1. The molecular weight excluding hydrogens is 485 g/mol. The summed E-state index contributed by atoms with van der Waals surface area (Å²) in [5.41, 5.74) is 3.71. The van der Waals surface area contributed by atoms with Gasteiger partial charge in [-0.15, -0.1) is 0 Å². The van der Waals surface area contributed by atoms with Gasteiger partial charge in [0, 0.05) is 0 Å². The van der Waals surface area contributed by atoms with Crippen LogP contribution in [0.4, 0.5) is 5.82 Å². The van der Waals surface area contributed by atoms with E-state index >= 15 is 0 Å². The Morgan fingerprint density at radius 3 is 2.67 bits per heavy atom. The Morgan fingerprint density at radius 1 is 1.13 bits per heavy atom. The van der Waals surface area contributed by atoms with Crippen molar-refractivity contribution in [3.63, 3.8) is 0 Å². The number of halogens is 1. The summed E-state index contributed by atoms with van der Waals surface area (Å²) in [7, 11) is 2.19. The number of hydrogen-bond acceptors (Lipinski definition) is 5. The quantitative estimate of drug-likeness (QED) is 0.335. The second-order valence-corrected chi connectivity index (χ2v) is 12.4. The molecular formula is C24H29IN5-. The maximum atomic E-state index is 4.92. The van der Waals surface area contributed by atoms with E-state index in [1.165, 1.54) is 23.4 Å². The molecule has 2 fully saturated rings. The Bertz CT molecular complexity index is 965. The zero-order valence-corrected chi connectivity index (χ0v) is 19.8. The van der Waals surface area contributed by atoms with E-state index in [2.05, 4.69) is 77.6 Å². The van der Waals surface area contributed by atoms with Gasteiger partial charge in [0.15, 0.2) is 0 Å². The molecule has 2 saturated heterocycles. The summed E-state index contributed by atoms with van der Waals surface area (Å²) >= 11 is 0.253. The summed E-state index contributed by atoms with van der Waals surface area (Å²) in [6.45, 7) is 6.41. The molecule has 1 aromatic heterocycles. The van der Waals surface area contributed by atoms with E-state index < -0.39 is 0 Å². The van der Waals surface area contributed by atoms with Gasteiger partial charge in [-0.25, -0.2) is 0 Å². The Labute approximate surface area is 189 Å². The van der Waals surface area contributed by atoms with Crippen LogP contribution in [0, 0.1) is 0 Å². The molecule has 2 aromatic rings. The summed E-state index contributed by atoms with van der Waals surface area (Å²) < 4.78 is 1.23. The number of piperazine rings is 1. The van der Waals surface area contributed by atoms with E-state index in [1.807, 2.05) is 6.07 Å². The number of alkyl halides is 2. The van der Waals surface area contributed by atoms with Crippen molar-refractivity contribution in [2.24, 2.45) is 0 Å². The number of aromatic nitrogens is 2. The van der Waals surface area contributed by atoms with E-state index in [0.717, 1.165) is 48.3 Å². The van der Waals surface area contributed by atoms with Crippen molar-refractivity contribution in [1.82, 2.24) is 20.2 Å². The van der Waals surface area contributed by atoms with Crippen molar-refractivity contribution in [1.29, 1.82) is 0 Å². The molecule has 1 N–H and O–H groups in total. The van der Waals surface area contributed by atoms with Gasteiger partial charge in [-0.3, -0.25) is 0 Å². The summed E-state index contributed by atoms with van der Waals surface area (Å²) in [5.74, 6) is 1.90. The Balaban J connectivity index is 1.37.